The number of alkyl halides is 1. The van der Waals surface area contributed by atoms with Gasteiger partial charge in [-0.1, -0.05) is 51.9 Å². The molecule has 1 saturated heterocycles. The van der Waals surface area contributed by atoms with Gasteiger partial charge in [0.25, 0.3) is 0 Å². The molecule has 1 aromatic carbocycles. The Morgan fingerprint density at radius 3 is 2.54 bits per heavy atom. The number of aliphatic hydroxyl groups excluding tert-OH is 1. The van der Waals surface area contributed by atoms with Crippen LogP contribution in [0.25, 0.3) is 10.4 Å². The number of aromatic nitrogens is 2. The Balaban J connectivity index is 1.57. The second-order valence-corrected chi connectivity index (χ2v) is 12.5. The molecule has 2 N–H and O–H groups in total. The number of β-amino-alcohol motifs (C(OH)–C–C–N with tert-alkyl or cyclic N) is 1. The van der Waals surface area contributed by atoms with E-state index in [0.717, 1.165) is 32.2 Å². The van der Waals surface area contributed by atoms with E-state index < -0.39 is 36.0 Å². The predicted octanol–water partition coefficient (Wildman–Crippen LogP) is 4.68. The number of aryl methyl sites for hydroxylation is 2. The molecule has 0 saturated carbocycles. The number of hydrogen-bond donors (Lipinski definition) is 2. The summed E-state index contributed by atoms with van der Waals surface area (Å²) < 4.78 is 20.6. The predicted molar refractivity (Wildman–Crippen MR) is 148 cm³/mol. The number of rotatable bonds is 7. The van der Waals surface area contributed by atoms with Gasteiger partial charge in [0.05, 0.1) is 28.3 Å². The highest BCUT2D eigenvalue weighted by molar-refractivity contribution is 7.13. The van der Waals surface area contributed by atoms with Gasteiger partial charge in [0.2, 0.25) is 11.8 Å². The number of carbonyl (C=O) groups excluding carboxylic acids is 2. The third-order valence-electron chi connectivity index (χ3n) is 7.20. The molecule has 0 spiro atoms. The molecule has 2 amide bonds. The first kappa shape index (κ1) is 28.9. The van der Waals surface area contributed by atoms with Crippen LogP contribution in [0.1, 0.15) is 68.8 Å². The topological polar surface area (TPSA) is 109 Å². The van der Waals surface area contributed by atoms with Crippen molar-refractivity contribution in [3.05, 3.63) is 58.1 Å². The monoisotopic (exact) mass is 556 g/mol. The van der Waals surface area contributed by atoms with Crippen LogP contribution in [-0.4, -0.2) is 56.8 Å². The second-order valence-electron chi connectivity index (χ2n) is 11.6. The maximum atomic E-state index is 15.2. The molecule has 210 valence electrons. The molecular formula is C29H37FN4O4S. The van der Waals surface area contributed by atoms with Crippen LogP contribution in [0.15, 0.2) is 34.3 Å². The first-order valence-electron chi connectivity index (χ1n) is 13.2. The Labute approximate surface area is 232 Å². The summed E-state index contributed by atoms with van der Waals surface area (Å²) in [5.41, 5.74) is 6.17. The van der Waals surface area contributed by atoms with E-state index in [4.69, 9.17) is 4.52 Å². The van der Waals surface area contributed by atoms with Crippen molar-refractivity contribution < 1.29 is 23.6 Å². The van der Waals surface area contributed by atoms with Gasteiger partial charge in [-0.05, 0) is 47.9 Å². The molecule has 1 aliphatic rings. The summed E-state index contributed by atoms with van der Waals surface area (Å²) in [6.07, 6.45) is -3.36. The van der Waals surface area contributed by atoms with E-state index in [1.165, 1.54) is 0 Å². The molecule has 4 atom stereocenters. The summed E-state index contributed by atoms with van der Waals surface area (Å²) in [7, 11) is 0. The summed E-state index contributed by atoms with van der Waals surface area (Å²) >= 11 is 1.58. The molecule has 10 heteroatoms. The number of likely N-dealkylation sites (tertiary alicyclic amines) is 1. The summed E-state index contributed by atoms with van der Waals surface area (Å²) in [5.74, 6) is -1.71. The number of nitrogens with one attached hydrogen (secondary N) is 1. The van der Waals surface area contributed by atoms with Crippen molar-refractivity contribution in [2.75, 3.05) is 6.54 Å². The van der Waals surface area contributed by atoms with Gasteiger partial charge < -0.3 is 19.8 Å². The number of benzene rings is 1. The molecule has 1 fully saturated rings. The zero-order valence-corrected chi connectivity index (χ0v) is 24.3. The molecule has 0 aliphatic carbocycles. The lowest BCUT2D eigenvalue weighted by atomic mass is 9.82. The number of aliphatic hydroxyl groups is 1. The standard InChI is InChI=1S/C29H37FN4O4S/c1-15(2)23(22-10-16(3)33-38-22)28(37)34-13-21(35)24(30)25(34)27(36)31-12-19-9-8-18(11-20(19)29(5,6)7)26-17(4)32-14-39-26/h8-11,14-15,21,23-25,35H,12-13H2,1-7H3,(H,31,36)/t21-,23+,24-,25-/m0/s1. The molecule has 1 aliphatic heterocycles. The minimum Gasteiger partial charge on any atom is -0.388 e. The van der Waals surface area contributed by atoms with E-state index in [9.17, 15) is 14.7 Å². The highest BCUT2D eigenvalue weighted by atomic mass is 32.1. The third-order valence-corrected chi connectivity index (χ3v) is 8.18. The fourth-order valence-corrected chi connectivity index (χ4v) is 5.99. The van der Waals surface area contributed by atoms with E-state index in [0.29, 0.717) is 11.5 Å². The maximum absolute atomic E-state index is 15.2. The Kier molecular flexibility index (Phi) is 8.28. The van der Waals surface area contributed by atoms with Crippen molar-refractivity contribution in [2.24, 2.45) is 5.92 Å². The van der Waals surface area contributed by atoms with Crippen LogP contribution in [0.3, 0.4) is 0 Å². The number of carbonyl (C=O) groups is 2. The molecule has 39 heavy (non-hydrogen) atoms. The van der Waals surface area contributed by atoms with Crippen LogP contribution in [0.4, 0.5) is 4.39 Å². The zero-order chi connectivity index (χ0) is 28.6. The first-order valence-corrected chi connectivity index (χ1v) is 14.0. The lowest BCUT2D eigenvalue weighted by Crippen LogP contribution is -2.51. The second kappa shape index (κ2) is 11.2. The van der Waals surface area contributed by atoms with Crippen molar-refractivity contribution in [2.45, 2.75) is 84.7 Å². The molecule has 2 aromatic heterocycles. The van der Waals surface area contributed by atoms with Crippen LogP contribution < -0.4 is 5.32 Å². The first-order chi connectivity index (χ1) is 18.3. The molecular weight excluding hydrogens is 519 g/mol. The number of amides is 2. The fourth-order valence-electron chi connectivity index (χ4n) is 5.19. The largest absolute Gasteiger partial charge is 0.388 e. The molecule has 0 unspecified atom stereocenters. The average molecular weight is 557 g/mol. The van der Waals surface area contributed by atoms with Crippen LogP contribution >= 0.6 is 11.3 Å². The van der Waals surface area contributed by atoms with Crippen molar-refractivity contribution >= 4 is 23.2 Å². The van der Waals surface area contributed by atoms with Gasteiger partial charge in [0.15, 0.2) is 6.17 Å². The summed E-state index contributed by atoms with van der Waals surface area (Å²) in [6, 6.07) is 6.30. The van der Waals surface area contributed by atoms with Crippen LogP contribution in [0.2, 0.25) is 0 Å². The minimum atomic E-state index is -1.91. The Hall–Kier alpha value is -3.11. The van der Waals surface area contributed by atoms with E-state index in [-0.39, 0.29) is 24.4 Å². The molecule has 4 rings (SSSR count). The van der Waals surface area contributed by atoms with Crippen molar-refractivity contribution in [1.29, 1.82) is 0 Å². The van der Waals surface area contributed by atoms with Crippen molar-refractivity contribution in [3.63, 3.8) is 0 Å². The summed E-state index contributed by atoms with van der Waals surface area (Å²) in [4.78, 5) is 33.6. The summed E-state index contributed by atoms with van der Waals surface area (Å²) in [5, 5.41) is 17.0. The lowest BCUT2D eigenvalue weighted by Gasteiger charge is -2.29. The smallest absolute Gasteiger partial charge is 0.246 e. The Bertz CT molecular complexity index is 1350. The highest BCUT2D eigenvalue weighted by Gasteiger charge is 2.50. The van der Waals surface area contributed by atoms with Crippen molar-refractivity contribution in [3.8, 4) is 10.4 Å². The number of thiazole rings is 1. The quantitative estimate of drug-likeness (QED) is 0.438. The van der Waals surface area contributed by atoms with Crippen LogP contribution in [0, 0.1) is 19.8 Å². The molecule has 3 heterocycles. The van der Waals surface area contributed by atoms with Gasteiger partial charge in [-0.3, -0.25) is 9.59 Å². The maximum Gasteiger partial charge on any atom is 0.246 e. The van der Waals surface area contributed by atoms with Crippen molar-refractivity contribution in [1.82, 2.24) is 20.4 Å². The van der Waals surface area contributed by atoms with Gasteiger partial charge in [0.1, 0.15) is 23.8 Å². The number of halogens is 1. The molecule has 0 radical (unpaired) electrons. The normalized spacial score (nSPS) is 20.5. The van der Waals surface area contributed by atoms with Gasteiger partial charge in [-0.2, -0.15) is 0 Å². The van der Waals surface area contributed by atoms with Gasteiger partial charge in [-0.15, -0.1) is 11.3 Å². The average Bonchev–Trinajstić information content (AvgIpc) is 3.56. The Morgan fingerprint density at radius 2 is 1.97 bits per heavy atom. The van der Waals surface area contributed by atoms with Gasteiger partial charge in [-0.25, -0.2) is 9.37 Å². The molecule has 3 aromatic rings. The van der Waals surface area contributed by atoms with E-state index >= 15 is 4.39 Å². The van der Waals surface area contributed by atoms with Crippen LogP contribution in [-0.2, 0) is 21.5 Å². The molecule has 0 bridgehead atoms. The fraction of sp³-hybridized carbons (Fsp3) is 0.517. The number of hydrogen-bond acceptors (Lipinski definition) is 7. The van der Waals surface area contributed by atoms with Gasteiger partial charge in [0, 0.05) is 12.6 Å². The van der Waals surface area contributed by atoms with E-state index in [1.54, 1.807) is 24.3 Å². The summed E-state index contributed by atoms with van der Waals surface area (Å²) in [6.45, 7) is 13.6. The van der Waals surface area contributed by atoms with E-state index in [1.807, 2.05) is 38.4 Å². The highest BCUT2D eigenvalue weighted by Crippen LogP contribution is 2.35. The number of nitrogens with zero attached hydrogens (tertiary/aromatic N) is 3. The third kappa shape index (κ3) is 5.91. The molecule has 8 nitrogen and oxygen atoms in total. The SMILES string of the molecule is Cc1cc([C@H](C(=O)N2C[C@H](O)[C@H](F)[C@H]2C(=O)NCc2ccc(-c3scnc3C)cc2C(C)(C)C)C(C)C)on1. The lowest BCUT2D eigenvalue weighted by molar-refractivity contribution is -0.142. The van der Waals surface area contributed by atoms with Crippen LogP contribution in [0.5, 0.6) is 0 Å². The van der Waals surface area contributed by atoms with Gasteiger partial charge >= 0.3 is 0 Å². The van der Waals surface area contributed by atoms with E-state index in [2.05, 4.69) is 42.3 Å². The minimum absolute atomic E-state index is 0.156. The Morgan fingerprint density at radius 1 is 1.26 bits per heavy atom. The zero-order valence-electron chi connectivity index (χ0n) is 23.5.